The van der Waals surface area contributed by atoms with Gasteiger partial charge in [-0.2, -0.15) is 0 Å². The third kappa shape index (κ3) is 9.43. The van der Waals surface area contributed by atoms with E-state index in [1.54, 1.807) is 0 Å². The lowest BCUT2D eigenvalue weighted by Crippen LogP contribution is -1.94. The molecule has 0 atom stereocenters. The molecule has 18 aromatic carbocycles. The fourth-order valence-corrected chi connectivity index (χ4v) is 18.3. The van der Waals surface area contributed by atoms with Crippen molar-refractivity contribution < 1.29 is 4.42 Å². The van der Waals surface area contributed by atoms with Crippen molar-refractivity contribution in [3.63, 3.8) is 0 Å². The smallest absolute Gasteiger partial charge is 0.143 e. The first-order valence-corrected chi connectivity index (χ1v) is 36.5. The van der Waals surface area contributed by atoms with E-state index in [1.165, 1.54) is 163 Å². The Morgan fingerprint density at radius 1 is 0.202 bits per heavy atom. The molecule has 4 aromatic heterocycles. The Hall–Kier alpha value is -13.4. The molecule has 4 heteroatoms. The Bertz CT molecular complexity index is 6650. The van der Waals surface area contributed by atoms with E-state index in [0.29, 0.717) is 0 Å². The predicted octanol–water partition coefficient (Wildman–Crippen LogP) is 28.4. The van der Waals surface area contributed by atoms with E-state index in [9.17, 15) is 0 Å². The molecular formula is C100H62N2OS. The van der Waals surface area contributed by atoms with Crippen LogP contribution in [0.15, 0.2) is 381 Å². The number of para-hydroxylation sites is 4. The normalized spacial score (nSPS) is 11.8. The van der Waals surface area contributed by atoms with Crippen LogP contribution in [0.5, 0.6) is 0 Å². The summed E-state index contributed by atoms with van der Waals surface area (Å²) in [6, 6.07) is 137. The summed E-state index contributed by atoms with van der Waals surface area (Å²) in [6.45, 7) is 0. The first-order valence-electron chi connectivity index (χ1n) is 35.7. The molecular weight excluding hydrogens is 1280 g/mol. The fourth-order valence-electron chi connectivity index (χ4n) is 17.1. The molecule has 0 aliphatic heterocycles. The van der Waals surface area contributed by atoms with Gasteiger partial charge in [0.05, 0.1) is 22.1 Å². The van der Waals surface area contributed by atoms with Crippen LogP contribution in [0.4, 0.5) is 0 Å². The lowest BCUT2D eigenvalue weighted by atomic mass is 9.86. The number of hydrogen-bond acceptors (Lipinski definition) is 2. The molecule has 0 bridgehead atoms. The highest BCUT2D eigenvalue weighted by molar-refractivity contribution is 7.26. The molecule has 0 saturated heterocycles. The van der Waals surface area contributed by atoms with Crippen LogP contribution < -0.4 is 0 Å². The van der Waals surface area contributed by atoms with Crippen LogP contribution in [-0.2, 0) is 0 Å². The number of furan rings is 1. The molecule has 0 spiro atoms. The molecule has 0 saturated carbocycles. The molecule has 4 heterocycles. The maximum absolute atomic E-state index is 6.44. The van der Waals surface area contributed by atoms with Gasteiger partial charge in [0.2, 0.25) is 0 Å². The molecule has 22 rings (SSSR count). The van der Waals surface area contributed by atoms with E-state index in [4.69, 9.17) is 4.42 Å². The third-order valence-electron chi connectivity index (χ3n) is 21.6. The van der Waals surface area contributed by atoms with Crippen molar-refractivity contribution >= 4 is 140 Å². The van der Waals surface area contributed by atoms with Crippen LogP contribution in [-0.4, -0.2) is 9.13 Å². The average Bonchev–Trinajstić information content (AvgIpc) is 1.55. The van der Waals surface area contributed by atoms with Gasteiger partial charge in [0.1, 0.15) is 11.2 Å². The molecule has 0 N–H and O–H groups in total. The van der Waals surface area contributed by atoms with E-state index in [-0.39, 0.29) is 0 Å². The predicted molar refractivity (Wildman–Crippen MR) is 444 cm³/mol. The van der Waals surface area contributed by atoms with Crippen molar-refractivity contribution in [2.24, 2.45) is 0 Å². The van der Waals surface area contributed by atoms with Gasteiger partial charge in [-0.1, -0.05) is 303 Å². The van der Waals surface area contributed by atoms with Crippen molar-refractivity contribution in [3.05, 3.63) is 376 Å². The largest absolute Gasteiger partial charge is 0.455 e. The van der Waals surface area contributed by atoms with E-state index >= 15 is 0 Å². The number of hydrogen-bond donors (Lipinski definition) is 0. The number of benzene rings is 18. The summed E-state index contributed by atoms with van der Waals surface area (Å²) in [4.78, 5) is 0. The second-order valence-electron chi connectivity index (χ2n) is 27.2. The zero-order valence-corrected chi connectivity index (χ0v) is 57.3. The minimum atomic E-state index is 0.916. The Kier molecular flexibility index (Phi) is 13.8. The summed E-state index contributed by atoms with van der Waals surface area (Å²) in [5.41, 5.74) is 23.7. The summed E-state index contributed by atoms with van der Waals surface area (Å²) < 4.78 is 13.9. The van der Waals surface area contributed by atoms with Crippen molar-refractivity contribution in [3.8, 4) is 78.1 Å². The van der Waals surface area contributed by atoms with Gasteiger partial charge in [-0.3, -0.25) is 0 Å². The SMILES string of the molecule is c1ccc(-c2c3ccccc3c(-c3ccc(-n4c5ccccc5c5cc(-c6cccc7c6oc6ccccc67)ccc54)cc3)c3ccccc23)cc1.c1ccc(-c2c3ccccc3c(-c3ccc(-n4c5ccccc5c5cc(-c6cccc7c6sc6ccccc67)ccc54)cc3)c3ccccc23)cc1. The topological polar surface area (TPSA) is 23.0 Å². The number of aromatic nitrogens is 2. The molecule has 0 unspecified atom stereocenters. The number of rotatable bonds is 8. The summed E-state index contributed by atoms with van der Waals surface area (Å²) >= 11 is 1.89. The van der Waals surface area contributed by atoms with E-state index in [1.807, 2.05) is 23.5 Å². The zero-order chi connectivity index (χ0) is 68.3. The first kappa shape index (κ1) is 59.5. The maximum atomic E-state index is 6.44. The van der Waals surface area contributed by atoms with Gasteiger partial charge in [0, 0.05) is 69.4 Å². The van der Waals surface area contributed by atoms with E-state index < -0.39 is 0 Å². The highest BCUT2D eigenvalue weighted by atomic mass is 32.1. The second kappa shape index (κ2) is 24.2. The maximum Gasteiger partial charge on any atom is 0.143 e. The van der Waals surface area contributed by atoms with Crippen molar-refractivity contribution in [1.29, 1.82) is 0 Å². The van der Waals surface area contributed by atoms with Crippen LogP contribution in [0.2, 0.25) is 0 Å². The lowest BCUT2D eigenvalue weighted by Gasteiger charge is -2.18. The number of nitrogens with zero attached hydrogens (tertiary/aromatic N) is 2. The minimum Gasteiger partial charge on any atom is -0.455 e. The molecule has 0 radical (unpaired) electrons. The van der Waals surface area contributed by atoms with E-state index in [0.717, 1.165) is 44.4 Å². The molecule has 0 aliphatic carbocycles. The minimum absolute atomic E-state index is 0.916. The Labute approximate surface area is 603 Å². The molecule has 104 heavy (non-hydrogen) atoms. The summed E-state index contributed by atoms with van der Waals surface area (Å²) in [5.74, 6) is 0. The zero-order valence-electron chi connectivity index (χ0n) is 56.5. The quantitative estimate of drug-likeness (QED) is 0.139. The van der Waals surface area contributed by atoms with Crippen LogP contribution in [0.1, 0.15) is 0 Å². The summed E-state index contributed by atoms with van der Waals surface area (Å²) in [7, 11) is 0. The Balaban J connectivity index is 0.000000134. The van der Waals surface area contributed by atoms with Crippen molar-refractivity contribution in [2.45, 2.75) is 0 Å². The van der Waals surface area contributed by atoms with Gasteiger partial charge in [-0.25, -0.2) is 0 Å². The van der Waals surface area contributed by atoms with Gasteiger partial charge < -0.3 is 13.6 Å². The van der Waals surface area contributed by atoms with Gasteiger partial charge in [-0.05, 0) is 177 Å². The van der Waals surface area contributed by atoms with Crippen molar-refractivity contribution in [1.82, 2.24) is 9.13 Å². The molecule has 22 aromatic rings. The second-order valence-corrected chi connectivity index (χ2v) is 28.3. The highest BCUT2D eigenvalue weighted by Gasteiger charge is 2.23. The van der Waals surface area contributed by atoms with Gasteiger partial charge in [0.25, 0.3) is 0 Å². The molecule has 3 nitrogen and oxygen atoms in total. The van der Waals surface area contributed by atoms with Crippen LogP contribution in [0.3, 0.4) is 0 Å². The van der Waals surface area contributed by atoms with Crippen molar-refractivity contribution in [2.75, 3.05) is 0 Å². The number of fused-ring (bicyclic) bond motifs is 16. The van der Waals surface area contributed by atoms with Crippen LogP contribution in [0, 0.1) is 0 Å². The van der Waals surface area contributed by atoms with Gasteiger partial charge in [0.15, 0.2) is 0 Å². The number of thiophene rings is 1. The molecule has 0 aliphatic rings. The lowest BCUT2D eigenvalue weighted by molar-refractivity contribution is 0.670. The first-order chi connectivity index (χ1) is 51.6. The molecule has 0 fully saturated rings. The third-order valence-corrected chi connectivity index (χ3v) is 22.8. The van der Waals surface area contributed by atoms with Gasteiger partial charge in [-0.15, -0.1) is 11.3 Å². The Morgan fingerprint density at radius 2 is 0.529 bits per heavy atom. The summed E-state index contributed by atoms with van der Waals surface area (Å²) in [6.07, 6.45) is 0. The highest BCUT2D eigenvalue weighted by Crippen LogP contribution is 2.48. The van der Waals surface area contributed by atoms with Crippen LogP contribution >= 0.6 is 11.3 Å². The van der Waals surface area contributed by atoms with Gasteiger partial charge >= 0.3 is 0 Å². The summed E-state index contributed by atoms with van der Waals surface area (Å²) in [5, 5.41) is 20.1. The molecule has 0 amide bonds. The monoisotopic (exact) mass is 1340 g/mol. The standard InChI is InChI=1S/C50H31NO.C50H31NS/c2*1-2-13-32(14-3-1)48-39-17-4-6-19-41(39)49(42-20-7-5-18-40(42)48)33-25-28-35(29-26-33)51-45-23-10-8-15-37(45)44-31-34(27-30-46(44)51)36-21-12-22-43-38-16-9-11-24-47(38)52-50(36)43/h2*1-31H. The van der Waals surface area contributed by atoms with Crippen LogP contribution in [0.25, 0.3) is 207 Å². The molecule has 484 valence electrons. The fraction of sp³-hybridized carbons (Fsp3) is 0. The Morgan fingerprint density at radius 3 is 0.990 bits per heavy atom. The average molecular weight is 1340 g/mol. The van der Waals surface area contributed by atoms with E-state index in [2.05, 4.69) is 373 Å².